The standard InChI is InChI=1S/C17H12BrN5O3/c18-12-2-1-3-13(8-12)22-10-15(19-20-22)17(24)21-7-6-11-4-5-14(23(25)26)9-16(11)21/h1-5,8-10H,6-7H2. The van der Waals surface area contributed by atoms with Crippen molar-refractivity contribution in [3.05, 3.63) is 74.5 Å². The van der Waals surface area contributed by atoms with Crippen molar-refractivity contribution in [3.8, 4) is 5.69 Å². The van der Waals surface area contributed by atoms with Crippen molar-refractivity contribution in [2.75, 3.05) is 11.4 Å². The molecule has 1 aliphatic rings. The van der Waals surface area contributed by atoms with Gasteiger partial charge < -0.3 is 4.90 Å². The van der Waals surface area contributed by atoms with E-state index in [0.29, 0.717) is 18.7 Å². The first-order valence-electron chi connectivity index (χ1n) is 7.80. The van der Waals surface area contributed by atoms with E-state index < -0.39 is 4.92 Å². The van der Waals surface area contributed by atoms with Crippen molar-refractivity contribution < 1.29 is 9.72 Å². The summed E-state index contributed by atoms with van der Waals surface area (Å²) in [6.07, 6.45) is 2.21. The largest absolute Gasteiger partial charge is 0.306 e. The lowest BCUT2D eigenvalue weighted by molar-refractivity contribution is -0.384. The van der Waals surface area contributed by atoms with E-state index in [9.17, 15) is 14.9 Å². The summed E-state index contributed by atoms with van der Waals surface area (Å²) in [7, 11) is 0. The van der Waals surface area contributed by atoms with E-state index in [1.807, 2.05) is 24.3 Å². The summed E-state index contributed by atoms with van der Waals surface area (Å²) < 4.78 is 2.40. The molecule has 8 nitrogen and oxygen atoms in total. The van der Waals surface area contributed by atoms with E-state index in [4.69, 9.17) is 0 Å². The van der Waals surface area contributed by atoms with Gasteiger partial charge in [-0.05, 0) is 30.2 Å². The molecule has 1 amide bonds. The summed E-state index contributed by atoms with van der Waals surface area (Å²) >= 11 is 3.39. The zero-order valence-electron chi connectivity index (χ0n) is 13.4. The molecule has 130 valence electrons. The molecule has 2 heterocycles. The van der Waals surface area contributed by atoms with Gasteiger partial charge in [0.25, 0.3) is 11.6 Å². The Labute approximate surface area is 156 Å². The number of halogens is 1. The van der Waals surface area contributed by atoms with Crippen LogP contribution in [0.1, 0.15) is 16.1 Å². The Morgan fingerprint density at radius 3 is 2.85 bits per heavy atom. The molecule has 0 saturated carbocycles. The fraction of sp³-hybridized carbons (Fsp3) is 0.118. The molecule has 4 rings (SSSR count). The third-order valence-corrected chi connectivity index (χ3v) is 4.70. The van der Waals surface area contributed by atoms with Gasteiger partial charge in [0.15, 0.2) is 5.69 Å². The number of non-ortho nitro benzene ring substituents is 1. The lowest BCUT2D eigenvalue weighted by Crippen LogP contribution is -2.29. The first-order valence-corrected chi connectivity index (χ1v) is 8.60. The van der Waals surface area contributed by atoms with E-state index in [1.54, 1.807) is 12.3 Å². The normalized spacial score (nSPS) is 12.9. The van der Waals surface area contributed by atoms with Crippen molar-refractivity contribution in [2.45, 2.75) is 6.42 Å². The molecule has 26 heavy (non-hydrogen) atoms. The third-order valence-electron chi connectivity index (χ3n) is 4.21. The van der Waals surface area contributed by atoms with Crippen LogP contribution in [0.25, 0.3) is 5.69 Å². The molecule has 0 unspecified atom stereocenters. The molecular weight excluding hydrogens is 402 g/mol. The molecule has 0 fully saturated rings. The Balaban J connectivity index is 1.64. The molecule has 0 N–H and O–H groups in total. The molecule has 0 bridgehead atoms. The lowest BCUT2D eigenvalue weighted by Gasteiger charge is -2.15. The molecule has 0 atom stereocenters. The maximum absolute atomic E-state index is 12.8. The number of fused-ring (bicyclic) bond motifs is 1. The van der Waals surface area contributed by atoms with E-state index >= 15 is 0 Å². The van der Waals surface area contributed by atoms with E-state index in [2.05, 4.69) is 26.2 Å². The van der Waals surface area contributed by atoms with Gasteiger partial charge in [-0.25, -0.2) is 4.68 Å². The van der Waals surface area contributed by atoms with Crippen LogP contribution in [0.3, 0.4) is 0 Å². The fourth-order valence-electron chi connectivity index (χ4n) is 2.94. The van der Waals surface area contributed by atoms with Gasteiger partial charge in [-0.15, -0.1) is 5.10 Å². The molecule has 1 aliphatic heterocycles. The van der Waals surface area contributed by atoms with Crippen LogP contribution in [0.5, 0.6) is 0 Å². The Kier molecular flexibility index (Phi) is 4.00. The number of anilines is 1. The van der Waals surface area contributed by atoms with E-state index in [-0.39, 0.29) is 17.3 Å². The summed E-state index contributed by atoms with van der Waals surface area (Å²) in [6.45, 7) is 0.457. The molecule has 2 aromatic carbocycles. The maximum atomic E-state index is 12.8. The third kappa shape index (κ3) is 2.86. The highest BCUT2D eigenvalue weighted by molar-refractivity contribution is 9.10. The molecular formula is C17H12BrN5O3. The molecule has 0 spiro atoms. The number of nitro groups is 1. The molecule has 0 saturated heterocycles. The molecule has 0 aliphatic carbocycles. The van der Waals surface area contributed by atoms with Crippen molar-refractivity contribution in [2.24, 2.45) is 0 Å². The number of nitrogens with zero attached hydrogens (tertiary/aromatic N) is 5. The highest BCUT2D eigenvalue weighted by atomic mass is 79.9. The van der Waals surface area contributed by atoms with Crippen LogP contribution >= 0.6 is 15.9 Å². The van der Waals surface area contributed by atoms with Gasteiger partial charge in [0.1, 0.15) is 0 Å². The predicted molar refractivity (Wildman–Crippen MR) is 97.5 cm³/mol. The molecule has 3 aromatic rings. The van der Waals surface area contributed by atoms with Crippen LogP contribution in [0.4, 0.5) is 11.4 Å². The number of hydrogen-bond acceptors (Lipinski definition) is 5. The Morgan fingerprint density at radius 1 is 1.23 bits per heavy atom. The van der Waals surface area contributed by atoms with Gasteiger partial charge in [-0.1, -0.05) is 33.3 Å². The Morgan fingerprint density at radius 2 is 2.08 bits per heavy atom. The average molecular weight is 414 g/mol. The van der Waals surface area contributed by atoms with Gasteiger partial charge in [0.05, 0.1) is 22.5 Å². The van der Waals surface area contributed by atoms with Crippen LogP contribution < -0.4 is 4.90 Å². The zero-order chi connectivity index (χ0) is 18.3. The zero-order valence-corrected chi connectivity index (χ0v) is 15.0. The number of benzene rings is 2. The van der Waals surface area contributed by atoms with E-state index in [1.165, 1.54) is 21.7 Å². The number of nitro benzene ring substituents is 1. The topological polar surface area (TPSA) is 94.2 Å². The quantitative estimate of drug-likeness (QED) is 0.485. The Bertz CT molecular complexity index is 1030. The van der Waals surface area contributed by atoms with Gasteiger partial charge in [0, 0.05) is 23.2 Å². The lowest BCUT2D eigenvalue weighted by atomic mass is 10.1. The second kappa shape index (κ2) is 6.34. The number of carbonyl (C=O) groups is 1. The minimum Gasteiger partial charge on any atom is -0.306 e. The van der Waals surface area contributed by atoms with Gasteiger partial charge in [-0.2, -0.15) is 0 Å². The number of aromatic nitrogens is 3. The average Bonchev–Trinajstić information content (AvgIpc) is 3.28. The van der Waals surface area contributed by atoms with Crippen LogP contribution in [-0.2, 0) is 6.42 Å². The SMILES string of the molecule is O=C(c1cn(-c2cccc(Br)c2)nn1)N1CCc2ccc([N+](=O)[O-])cc21. The van der Waals surface area contributed by atoms with Gasteiger partial charge in [-0.3, -0.25) is 14.9 Å². The van der Waals surface area contributed by atoms with Crippen LogP contribution in [0, 0.1) is 10.1 Å². The van der Waals surface area contributed by atoms with Crippen LogP contribution in [0.15, 0.2) is 53.1 Å². The van der Waals surface area contributed by atoms with Crippen LogP contribution in [-0.4, -0.2) is 32.4 Å². The summed E-state index contributed by atoms with van der Waals surface area (Å²) in [4.78, 5) is 24.9. The fourth-order valence-corrected chi connectivity index (χ4v) is 3.32. The van der Waals surface area contributed by atoms with Crippen molar-refractivity contribution >= 4 is 33.2 Å². The van der Waals surface area contributed by atoms with Crippen molar-refractivity contribution in [1.82, 2.24) is 15.0 Å². The number of hydrogen-bond donors (Lipinski definition) is 0. The summed E-state index contributed by atoms with van der Waals surface area (Å²) in [6, 6.07) is 12.0. The highest BCUT2D eigenvalue weighted by Crippen LogP contribution is 2.32. The molecule has 0 radical (unpaired) electrons. The first-order chi connectivity index (χ1) is 12.5. The minimum atomic E-state index is -0.467. The maximum Gasteiger partial charge on any atom is 0.280 e. The summed E-state index contributed by atoms with van der Waals surface area (Å²) in [5.41, 5.74) is 2.37. The van der Waals surface area contributed by atoms with Crippen molar-refractivity contribution in [1.29, 1.82) is 0 Å². The number of rotatable bonds is 3. The summed E-state index contributed by atoms with van der Waals surface area (Å²) in [5.74, 6) is -0.328. The highest BCUT2D eigenvalue weighted by Gasteiger charge is 2.29. The second-order valence-electron chi connectivity index (χ2n) is 5.81. The van der Waals surface area contributed by atoms with Gasteiger partial charge >= 0.3 is 0 Å². The number of amides is 1. The van der Waals surface area contributed by atoms with E-state index in [0.717, 1.165) is 15.7 Å². The number of carbonyl (C=O) groups excluding carboxylic acids is 1. The van der Waals surface area contributed by atoms with Gasteiger partial charge in [0.2, 0.25) is 0 Å². The Hall–Kier alpha value is -3.07. The second-order valence-corrected chi connectivity index (χ2v) is 6.72. The van der Waals surface area contributed by atoms with Crippen LogP contribution in [0.2, 0.25) is 0 Å². The smallest absolute Gasteiger partial charge is 0.280 e. The van der Waals surface area contributed by atoms with Crippen molar-refractivity contribution in [3.63, 3.8) is 0 Å². The monoisotopic (exact) mass is 413 g/mol. The predicted octanol–water partition coefficient (Wildman–Crippen LogP) is 3.14. The molecule has 1 aromatic heterocycles. The minimum absolute atomic E-state index is 0.0405. The first kappa shape index (κ1) is 16.4. The molecule has 9 heteroatoms. The summed E-state index contributed by atoms with van der Waals surface area (Å²) in [5, 5.41) is 19.0.